The Hall–Kier alpha value is -8.55. The monoisotopic (exact) mass is 914 g/mol. The predicted molar refractivity (Wildman–Crippen MR) is 292 cm³/mol. The van der Waals surface area contributed by atoms with Crippen LogP contribution in [-0.4, -0.2) is 27.6 Å². The summed E-state index contributed by atoms with van der Waals surface area (Å²) in [7, 11) is -2.74. The van der Waals surface area contributed by atoms with Crippen LogP contribution in [0.15, 0.2) is 255 Å². The lowest BCUT2D eigenvalue weighted by atomic mass is 10.0. The van der Waals surface area contributed by atoms with E-state index in [-0.39, 0.29) is 0 Å². The Bertz CT molecular complexity index is 3850. The van der Waals surface area contributed by atoms with Crippen molar-refractivity contribution in [2.75, 3.05) is 0 Å². The zero-order valence-corrected chi connectivity index (χ0v) is 39.3. The lowest BCUT2D eigenvalue weighted by molar-refractivity contribution is 1.07. The van der Waals surface area contributed by atoms with E-state index < -0.39 is 8.07 Å². The lowest BCUT2D eigenvalue weighted by Gasteiger charge is -2.34. The fraction of sp³-hybridized carbons (Fsp3) is 0. The molecule has 13 aromatic rings. The van der Waals surface area contributed by atoms with Gasteiger partial charge in [-0.05, 0) is 74.3 Å². The number of fused-ring (bicyclic) bond motifs is 6. The van der Waals surface area contributed by atoms with Crippen molar-refractivity contribution in [3.63, 3.8) is 0 Å². The molecule has 13 rings (SSSR count). The van der Waals surface area contributed by atoms with Crippen LogP contribution in [0.4, 0.5) is 0 Å². The molecular formula is C63H42N4SSi. The Kier molecular flexibility index (Phi) is 10.00. The zero-order chi connectivity index (χ0) is 45.7. The van der Waals surface area contributed by atoms with Gasteiger partial charge < -0.3 is 4.57 Å². The van der Waals surface area contributed by atoms with Gasteiger partial charge in [-0.2, -0.15) is 0 Å². The van der Waals surface area contributed by atoms with E-state index >= 15 is 0 Å². The van der Waals surface area contributed by atoms with E-state index in [1.54, 1.807) is 0 Å². The number of para-hydroxylation sites is 2. The van der Waals surface area contributed by atoms with Crippen molar-refractivity contribution in [2.45, 2.75) is 0 Å². The Morgan fingerprint density at radius 2 is 0.725 bits per heavy atom. The zero-order valence-electron chi connectivity index (χ0n) is 37.4. The summed E-state index contributed by atoms with van der Waals surface area (Å²) in [5, 5.41) is 10.3. The maximum atomic E-state index is 5.31. The van der Waals surface area contributed by atoms with Crippen LogP contribution in [0.25, 0.3) is 93.0 Å². The van der Waals surface area contributed by atoms with Gasteiger partial charge in [-0.1, -0.05) is 212 Å². The van der Waals surface area contributed by atoms with Gasteiger partial charge in [-0.15, -0.1) is 11.3 Å². The molecule has 0 unspecified atom stereocenters. The van der Waals surface area contributed by atoms with Crippen molar-refractivity contribution in [3.05, 3.63) is 255 Å². The van der Waals surface area contributed by atoms with E-state index in [0.717, 1.165) is 39.0 Å². The average Bonchev–Trinajstić information content (AvgIpc) is 3.98. The molecule has 0 spiro atoms. The standard InChI is InChI=1S/C63H42N4SSi/c1-4-19-49(20-5-1)69(50-21-6-2-7-22-50,51-23-8-3-9-24-51)52-38-35-45(36-39-52)62-64-61(44-33-31-43(32-34-44)46-37-40-60-56(42-46)55-27-12-15-30-59(55)68-60)65-63(66-62)47-17-16-18-48(41-47)67-57-28-13-10-25-53(57)54-26-11-14-29-58(54)67/h1-42H. The van der Waals surface area contributed by atoms with Gasteiger partial charge in [0.25, 0.3) is 0 Å². The number of nitrogens with zero attached hydrogens (tertiary/aromatic N) is 4. The van der Waals surface area contributed by atoms with Gasteiger partial charge in [0.1, 0.15) is 0 Å². The predicted octanol–water partition coefficient (Wildman–Crippen LogP) is 13.4. The first-order chi connectivity index (χ1) is 34.2. The molecule has 0 radical (unpaired) electrons. The van der Waals surface area contributed by atoms with E-state index in [1.807, 2.05) is 11.3 Å². The molecule has 0 N–H and O–H groups in total. The van der Waals surface area contributed by atoms with Gasteiger partial charge >= 0.3 is 0 Å². The normalized spacial score (nSPS) is 11.8. The molecule has 0 bridgehead atoms. The smallest absolute Gasteiger partial charge is 0.179 e. The van der Waals surface area contributed by atoms with Crippen LogP contribution in [0.1, 0.15) is 0 Å². The minimum atomic E-state index is -2.74. The number of thiophene rings is 1. The Morgan fingerprint density at radius 3 is 1.30 bits per heavy atom. The van der Waals surface area contributed by atoms with Crippen LogP contribution in [0.2, 0.25) is 0 Å². The van der Waals surface area contributed by atoms with Crippen molar-refractivity contribution < 1.29 is 0 Å². The fourth-order valence-corrected chi connectivity index (χ4v) is 16.2. The molecule has 0 saturated carbocycles. The van der Waals surface area contributed by atoms with Gasteiger partial charge in [0, 0.05) is 53.3 Å². The van der Waals surface area contributed by atoms with Crippen LogP contribution in [0.5, 0.6) is 0 Å². The minimum Gasteiger partial charge on any atom is -0.309 e. The summed E-state index contributed by atoms with van der Waals surface area (Å²) in [4.78, 5) is 15.9. The maximum absolute atomic E-state index is 5.31. The van der Waals surface area contributed by atoms with Gasteiger partial charge in [0.05, 0.1) is 11.0 Å². The molecule has 0 aliphatic heterocycles. The lowest BCUT2D eigenvalue weighted by Crippen LogP contribution is -2.74. The molecule has 69 heavy (non-hydrogen) atoms. The summed E-state index contributed by atoms with van der Waals surface area (Å²) < 4.78 is 4.94. The third-order valence-electron chi connectivity index (χ3n) is 13.6. The van der Waals surface area contributed by atoms with Crippen LogP contribution >= 0.6 is 11.3 Å². The van der Waals surface area contributed by atoms with Gasteiger partial charge in [-0.25, -0.2) is 15.0 Å². The van der Waals surface area contributed by atoms with Crippen molar-refractivity contribution >= 4 is 82.1 Å². The number of hydrogen-bond acceptors (Lipinski definition) is 4. The van der Waals surface area contributed by atoms with Gasteiger partial charge in [0.15, 0.2) is 25.5 Å². The first-order valence-electron chi connectivity index (χ1n) is 23.3. The molecule has 6 heteroatoms. The second-order valence-corrected chi connectivity index (χ2v) is 22.4. The Labute approximate surface area is 405 Å². The molecule has 10 aromatic carbocycles. The molecule has 0 amide bonds. The first-order valence-corrected chi connectivity index (χ1v) is 26.2. The highest BCUT2D eigenvalue weighted by atomic mass is 32.1. The summed E-state index contributed by atoms with van der Waals surface area (Å²) in [5.41, 5.74) is 8.42. The molecule has 3 heterocycles. The highest BCUT2D eigenvalue weighted by Crippen LogP contribution is 2.37. The Morgan fingerprint density at radius 1 is 0.290 bits per heavy atom. The van der Waals surface area contributed by atoms with Crippen molar-refractivity contribution in [2.24, 2.45) is 0 Å². The second kappa shape index (κ2) is 17.0. The van der Waals surface area contributed by atoms with E-state index in [4.69, 9.17) is 15.0 Å². The largest absolute Gasteiger partial charge is 0.309 e. The van der Waals surface area contributed by atoms with E-state index in [1.165, 1.54) is 57.3 Å². The molecule has 0 saturated heterocycles. The number of rotatable bonds is 9. The summed E-state index contributed by atoms with van der Waals surface area (Å²) in [6.07, 6.45) is 0. The molecule has 0 fully saturated rings. The first kappa shape index (κ1) is 40.7. The highest BCUT2D eigenvalue weighted by molar-refractivity contribution is 7.25. The van der Waals surface area contributed by atoms with Crippen LogP contribution < -0.4 is 20.7 Å². The van der Waals surface area contributed by atoms with Gasteiger partial charge in [-0.3, -0.25) is 0 Å². The molecule has 0 aliphatic rings. The Balaban J connectivity index is 0.954. The molecule has 324 valence electrons. The third-order valence-corrected chi connectivity index (χ3v) is 19.6. The van der Waals surface area contributed by atoms with Crippen molar-refractivity contribution in [1.82, 2.24) is 19.5 Å². The summed E-state index contributed by atoms with van der Waals surface area (Å²) >= 11 is 1.84. The number of hydrogen-bond donors (Lipinski definition) is 0. The molecule has 0 aliphatic carbocycles. The molecule has 3 aromatic heterocycles. The second-order valence-electron chi connectivity index (χ2n) is 17.5. The maximum Gasteiger partial charge on any atom is 0.179 e. The van der Waals surface area contributed by atoms with Crippen LogP contribution in [-0.2, 0) is 0 Å². The molecular weight excluding hydrogens is 873 g/mol. The van der Waals surface area contributed by atoms with Crippen molar-refractivity contribution in [1.29, 1.82) is 0 Å². The van der Waals surface area contributed by atoms with Crippen LogP contribution in [0, 0.1) is 0 Å². The number of aromatic nitrogens is 4. The SMILES string of the molecule is c1ccc([Si](c2ccccc2)(c2ccccc2)c2ccc(-c3nc(-c4ccc(-c5ccc6sc7ccccc7c6c5)cc4)nc(-c4cccc(-n5c6ccccc6c6ccccc65)c4)n3)cc2)cc1. The summed E-state index contributed by atoms with van der Waals surface area (Å²) in [5.74, 6) is 1.85. The topological polar surface area (TPSA) is 43.6 Å². The summed E-state index contributed by atoms with van der Waals surface area (Å²) in [6, 6.07) is 92.1. The van der Waals surface area contributed by atoms with E-state index in [0.29, 0.717) is 17.5 Å². The quantitative estimate of drug-likeness (QED) is 0.107. The molecule has 4 nitrogen and oxygen atoms in total. The summed E-state index contributed by atoms with van der Waals surface area (Å²) in [6.45, 7) is 0. The van der Waals surface area contributed by atoms with Crippen LogP contribution in [0.3, 0.4) is 0 Å². The highest BCUT2D eigenvalue weighted by Gasteiger charge is 2.41. The third kappa shape index (κ3) is 7.00. The molecule has 0 atom stereocenters. The average molecular weight is 915 g/mol. The fourth-order valence-electron chi connectivity index (χ4n) is 10.4. The van der Waals surface area contributed by atoms with E-state index in [2.05, 4.69) is 259 Å². The number of benzene rings is 10. The minimum absolute atomic E-state index is 0.613. The van der Waals surface area contributed by atoms with Crippen molar-refractivity contribution in [3.8, 4) is 51.0 Å². The van der Waals surface area contributed by atoms with E-state index in [9.17, 15) is 0 Å². The van der Waals surface area contributed by atoms with Gasteiger partial charge in [0.2, 0.25) is 0 Å².